The topological polar surface area (TPSA) is 54.0 Å². The standard InChI is InChI=1S/C11H6N4/c12-6-8-2-1-3-9-11(8)14-7-10-13-4-5-15(9)10/h1-5,7H. The summed E-state index contributed by atoms with van der Waals surface area (Å²) in [6.45, 7) is 0. The van der Waals surface area contributed by atoms with Gasteiger partial charge in [-0.15, -0.1) is 0 Å². The summed E-state index contributed by atoms with van der Waals surface area (Å²) in [7, 11) is 0. The van der Waals surface area contributed by atoms with Gasteiger partial charge < -0.3 is 0 Å². The van der Waals surface area contributed by atoms with E-state index in [2.05, 4.69) is 16.0 Å². The summed E-state index contributed by atoms with van der Waals surface area (Å²) in [5.74, 6) is 0. The summed E-state index contributed by atoms with van der Waals surface area (Å²) in [4.78, 5) is 8.39. The number of hydrogen-bond donors (Lipinski definition) is 0. The van der Waals surface area contributed by atoms with Gasteiger partial charge in [0.2, 0.25) is 0 Å². The summed E-state index contributed by atoms with van der Waals surface area (Å²) in [6, 6.07) is 7.67. The molecule has 0 atom stereocenters. The van der Waals surface area contributed by atoms with Gasteiger partial charge in [-0.1, -0.05) is 6.07 Å². The molecule has 3 rings (SSSR count). The third kappa shape index (κ3) is 1.00. The van der Waals surface area contributed by atoms with Gasteiger partial charge in [0.15, 0.2) is 5.65 Å². The van der Waals surface area contributed by atoms with E-state index in [0.29, 0.717) is 11.1 Å². The first kappa shape index (κ1) is 7.94. The van der Waals surface area contributed by atoms with Crippen LogP contribution in [0.1, 0.15) is 5.56 Å². The van der Waals surface area contributed by atoms with Crippen LogP contribution < -0.4 is 0 Å². The third-order valence-corrected chi connectivity index (χ3v) is 2.37. The molecule has 4 nitrogen and oxygen atoms in total. The maximum atomic E-state index is 8.94. The predicted octanol–water partition coefficient (Wildman–Crippen LogP) is 1.75. The lowest BCUT2D eigenvalue weighted by Crippen LogP contribution is -1.91. The number of imidazole rings is 1. The Kier molecular flexibility index (Phi) is 1.48. The van der Waals surface area contributed by atoms with E-state index >= 15 is 0 Å². The second kappa shape index (κ2) is 2.79. The van der Waals surface area contributed by atoms with Crippen LogP contribution in [0.2, 0.25) is 0 Å². The van der Waals surface area contributed by atoms with Crippen molar-refractivity contribution in [2.24, 2.45) is 0 Å². The molecule has 0 spiro atoms. The van der Waals surface area contributed by atoms with E-state index in [0.717, 1.165) is 11.2 Å². The Morgan fingerprint density at radius 3 is 3.07 bits per heavy atom. The van der Waals surface area contributed by atoms with Gasteiger partial charge in [0.25, 0.3) is 0 Å². The van der Waals surface area contributed by atoms with E-state index in [9.17, 15) is 0 Å². The maximum Gasteiger partial charge on any atom is 0.155 e. The van der Waals surface area contributed by atoms with E-state index in [4.69, 9.17) is 5.26 Å². The number of nitrogens with zero attached hydrogens (tertiary/aromatic N) is 4. The third-order valence-electron chi connectivity index (χ3n) is 2.37. The van der Waals surface area contributed by atoms with Crippen molar-refractivity contribution in [2.75, 3.05) is 0 Å². The number of para-hydroxylation sites is 1. The van der Waals surface area contributed by atoms with Crippen LogP contribution in [-0.2, 0) is 0 Å². The maximum absolute atomic E-state index is 8.94. The zero-order valence-corrected chi connectivity index (χ0v) is 7.75. The van der Waals surface area contributed by atoms with Gasteiger partial charge in [-0.3, -0.25) is 4.40 Å². The highest BCUT2D eigenvalue weighted by molar-refractivity contribution is 5.82. The van der Waals surface area contributed by atoms with Crippen molar-refractivity contribution in [3.63, 3.8) is 0 Å². The van der Waals surface area contributed by atoms with Crippen molar-refractivity contribution in [2.45, 2.75) is 0 Å². The summed E-state index contributed by atoms with van der Waals surface area (Å²) < 4.78 is 1.92. The Hall–Kier alpha value is -2.41. The van der Waals surface area contributed by atoms with Gasteiger partial charge >= 0.3 is 0 Å². The first-order chi connectivity index (χ1) is 7.40. The molecule has 1 aromatic carbocycles. The molecule has 2 aromatic heterocycles. The molecular formula is C11H6N4. The van der Waals surface area contributed by atoms with Crippen LogP contribution >= 0.6 is 0 Å². The van der Waals surface area contributed by atoms with Gasteiger partial charge in [0, 0.05) is 12.4 Å². The van der Waals surface area contributed by atoms with Gasteiger partial charge in [0.1, 0.15) is 11.6 Å². The van der Waals surface area contributed by atoms with Crippen LogP contribution in [0.5, 0.6) is 0 Å². The molecule has 0 bridgehead atoms. The van der Waals surface area contributed by atoms with Crippen LogP contribution in [0.3, 0.4) is 0 Å². The van der Waals surface area contributed by atoms with Gasteiger partial charge in [-0.05, 0) is 12.1 Å². The molecule has 0 saturated carbocycles. The van der Waals surface area contributed by atoms with E-state index in [1.165, 1.54) is 0 Å². The molecule has 0 radical (unpaired) electrons. The van der Waals surface area contributed by atoms with Crippen molar-refractivity contribution >= 4 is 16.7 Å². The lowest BCUT2D eigenvalue weighted by Gasteiger charge is -2.01. The molecule has 70 valence electrons. The molecule has 0 amide bonds. The largest absolute Gasteiger partial charge is 0.297 e. The molecule has 0 aliphatic carbocycles. The Morgan fingerprint density at radius 1 is 1.27 bits per heavy atom. The molecule has 0 saturated heterocycles. The quantitative estimate of drug-likeness (QED) is 0.547. The smallest absolute Gasteiger partial charge is 0.155 e. The summed E-state index contributed by atoms with van der Waals surface area (Å²) in [5, 5.41) is 8.94. The van der Waals surface area contributed by atoms with Crippen LogP contribution in [0.15, 0.2) is 36.8 Å². The van der Waals surface area contributed by atoms with Crippen LogP contribution in [0, 0.1) is 11.3 Å². The molecular weight excluding hydrogens is 188 g/mol. The first-order valence-corrected chi connectivity index (χ1v) is 4.51. The van der Waals surface area contributed by atoms with E-state index < -0.39 is 0 Å². The normalized spacial score (nSPS) is 10.6. The summed E-state index contributed by atoms with van der Waals surface area (Å²) in [5.41, 5.74) is 3.00. The number of rotatable bonds is 0. The van der Waals surface area contributed by atoms with Gasteiger partial charge in [-0.2, -0.15) is 5.26 Å². The number of hydrogen-bond acceptors (Lipinski definition) is 3. The lowest BCUT2D eigenvalue weighted by molar-refractivity contribution is 1.21. The fraction of sp³-hybridized carbons (Fsp3) is 0. The average molecular weight is 194 g/mol. The second-order valence-corrected chi connectivity index (χ2v) is 3.20. The minimum Gasteiger partial charge on any atom is -0.297 e. The van der Waals surface area contributed by atoms with Gasteiger partial charge in [0.05, 0.1) is 17.3 Å². The Labute approximate surface area is 85.4 Å². The average Bonchev–Trinajstić information content (AvgIpc) is 2.76. The molecule has 0 unspecified atom stereocenters. The fourth-order valence-corrected chi connectivity index (χ4v) is 1.69. The molecule has 0 aliphatic rings. The zero-order valence-electron chi connectivity index (χ0n) is 7.75. The fourth-order valence-electron chi connectivity index (χ4n) is 1.69. The summed E-state index contributed by atoms with van der Waals surface area (Å²) in [6.07, 6.45) is 5.25. The Balaban J connectivity index is 2.61. The molecule has 4 heteroatoms. The number of nitriles is 1. The summed E-state index contributed by atoms with van der Waals surface area (Å²) >= 11 is 0. The zero-order chi connectivity index (χ0) is 10.3. The number of aromatic nitrogens is 3. The highest BCUT2D eigenvalue weighted by Gasteiger charge is 2.04. The van der Waals surface area contributed by atoms with E-state index in [1.807, 2.05) is 22.7 Å². The van der Waals surface area contributed by atoms with Crippen molar-refractivity contribution in [3.8, 4) is 6.07 Å². The highest BCUT2D eigenvalue weighted by Crippen LogP contribution is 2.16. The van der Waals surface area contributed by atoms with Crippen molar-refractivity contribution < 1.29 is 0 Å². The lowest BCUT2D eigenvalue weighted by atomic mass is 10.2. The SMILES string of the molecule is N#Cc1cccc2c1ncc1nccn12. The second-order valence-electron chi connectivity index (χ2n) is 3.20. The molecule has 0 aliphatic heterocycles. The van der Waals surface area contributed by atoms with E-state index in [1.54, 1.807) is 18.5 Å². The Bertz CT molecular complexity index is 690. The minimum atomic E-state index is 0.586. The minimum absolute atomic E-state index is 0.586. The number of fused-ring (bicyclic) bond motifs is 3. The van der Waals surface area contributed by atoms with Crippen molar-refractivity contribution in [1.29, 1.82) is 5.26 Å². The van der Waals surface area contributed by atoms with Crippen LogP contribution in [-0.4, -0.2) is 14.4 Å². The van der Waals surface area contributed by atoms with Crippen LogP contribution in [0.4, 0.5) is 0 Å². The molecule has 15 heavy (non-hydrogen) atoms. The van der Waals surface area contributed by atoms with Crippen molar-refractivity contribution in [1.82, 2.24) is 14.4 Å². The molecule has 0 N–H and O–H groups in total. The Morgan fingerprint density at radius 2 is 2.20 bits per heavy atom. The van der Waals surface area contributed by atoms with Crippen LogP contribution in [0.25, 0.3) is 16.7 Å². The monoisotopic (exact) mass is 194 g/mol. The predicted molar refractivity (Wildman–Crippen MR) is 55.2 cm³/mol. The van der Waals surface area contributed by atoms with Crippen molar-refractivity contribution in [3.05, 3.63) is 42.4 Å². The molecule has 0 fully saturated rings. The highest BCUT2D eigenvalue weighted by atomic mass is 15.0. The van der Waals surface area contributed by atoms with Gasteiger partial charge in [-0.25, -0.2) is 9.97 Å². The van der Waals surface area contributed by atoms with E-state index in [-0.39, 0.29) is 0 Å². The molecule has 2 heterocycles. The molecule has 3 aromatic rings. The number of benzene rings is 1. The first-order valence-electron chi connectivity index (χ1n) is 4.51.